The van der Waals surface area contributed by atoms with E-state index in [2.05, 4.69) is 10.1 Å². The van der Waals surface area contributed by atoms with Crippen LogP contribution in [0.2, 0.25) is 0 Å². The highest BCUT2D eigenvalue weighted by atomic mass is 19.3. The summed E-state index contributed by atoms with van der Waals surface area (Å²) in [6, 6.07) is 5.73. The Bertz CT molecular complexity index is 766. The number of carboxylic acids is 1. The van der Waals surface area contributed by atoms with Gasteiger partial charge in [0, 0.05) is 13.1 Å². The van der Waals surface area contributed by atoms with E-state index in [9.17, 15) is 28.3 Å². The predicted octanol–water partition coefficient (Wildman–Crippen LogP) is 2.26. The number of aliphatic carboxylic acids is 1. The van der Waals surface area contributed by atoms with E-state index in [-0.39, 0.29) is 17.9 Å². The van der Waals surface area contributed by atoms with Crippen molar-refractivity contribution in [2.75, 3.05) is 13.1 Å². The van der Waals surface area contributed by atoms with Crippen LogP contribution >= 0.6 is 0 Å². The van der Waals surface area contributed by atoms with E-state index in [1.807, 2.05) is 0 Å². The first-order chi connectivity index (χ1) is 13.3. The third kappa shape index (κ3) is 4.07. The van der Waals surface area contributed by atoms with Gasteiger partial charge in [0.1, 0.15) is 11.3 Å². The lowest BCUT2D eigenvalue weighted by Gasteiger charge is -2.40. The van der Waals surface area contributed by atoms with Crippen molar-refractivity contribution in [3.05, 3.63) is 29.8 Å². The molecule has 1 aromatic carbocycles. The topological polar surface area (TPSA) is 95.9 Å². The van der Waals surface area contributed by atoms with E-state index >= 15 is 0 Å². The second-order valence-electron chi connectivity index (χ2n) is 7.20. The number of hydrogen-bond donors (Lipinski definition) is 2. The smallest absolute Gasteiger partial charge is 0.387 e. The molecule has 1 atom stereocenters. The summed E-state index contributed by atoms with van der Waals surface area (Å²) in [6.07, 6.45) is 2.61. The molecule has 1 aliphatic heterocycles. The largest absolute Gasteiger partial charge is 0.480 e. The van der Waals surface area contributed by atoms with Crippen molar-refractivity contribution < 1.29 is 33.0 Å². The van der Waals surface area contributed by atoms with Crippen molar-refractivity contribution in [3.63, 3.8) is 0 Å². The normalized spacial score (nSPS) is 21.0. The molecule has 0 aromatic heterocycles. The van der Waals surface area contributed by atoms with Gasteiger partial charge >= 0.3 is 12.6 Å². The summed E-state index contributed by atoms with van der Waals surface area (Å²) in [5.41, 5.74) is -1.20. The fourth-order valence-electron chi connectivity index (χ4n) is 3.65. The van der Waals surface area contributed by atoms with E-state index in [4.69, 9.17) is 0 Å². The van der Waals surface area contributed by atoms with Gasteiger partial charge in [0.05, 0.1) is 11.5 Å². The van der Waals surface area contributed by atoms with Crippen molar-refractivity contribution in [2.45, 2.75) is 44.3 Å². The molecule has 2 fully saturated rings. The summed E-state index contributed by atoms with van der Waals surface area (Å²) in [6.45, 7) is -2.57. The molecule has 7 nitrogen and oxygen atoms in total. The zero-order chi connectivity index (χ0) is 20.3. The summed E-state index contributed by atoms with van der Waals surface area (Å²) in [4.78, 5) is 38.3. The number of nitrogens with zero attached hydrogens (tertiary/aromatic N) is 1. The van der Waals surface area contributed by atoms with Crippen molar-refractivity contribution in [3.8, 4) is 5.75 Å². The van der Waals surface area contributed by atoms with Gasteiger partial charge in [-0.05, 0) is 44.2 Å². The number of para-hydroxylation sites is 1. The van der Waals surface area contributed by atoms with Crippen molar-refractivity contribution >= 4 is 17.8 Å². The molecular formula is C19H22F2N2O5. The Hall–Kier alpha value is -2.71. The van der Waals surface area contributed by atoms with Gasteiger partial charge in [-0.25, -0.2) is 4.79 Å². The minimum absolute atomic E-state index is 0.00450. The Kier molecular flexibility index (Phi) is 5.81. The molecule has 152 valence electrons. The average molecular weight is 396 g/mol. The summed E-state index contributed by atoms with van der Waals surface area (Å²) in [5.74, 6) is -2.69. The zero-order valence-corrected chi connectivity index (χ0v) is 15.2. The van der Waals surface area contributed by atoms with E-state index in [1.54, 1.807) is 6.07 Å². The number of carbonyl (C=O) groups excluding carboxylic acids is 2. The van der Waals surface area contributed by atoms with Crippen LogP contribution < -0.4 is 10.1 Å². The molecule has 0 bridgehead atoms. The molecule has 1 aliphatic carbocycles. The molecule has 2 amide bonds. The van der Waals surface area contributed by atoms with Gasteiger partial charge in [0.25, 0.3) is 5.91 Å². The van der Waals surface area contributed by atoms with Crippen LogP contribution in [0.5, 0.6) is 5.75 Å². The van der Waals surface area contributed by atoms with E-state index in [0.29, 0.717) is 32.2 Å². The van der Waals surface area contributed by atoms with Crippen LogP contribution in [-0.4, -0.2) is 53.0 Å². The fraction of sp³-hybridized carbons (Fsp3) is 0.526. The highest BCUT2D eigenvalue weighted by Gasteiger charge is 2.46. The Balaban J connectivity index is 1.69. The first kappa shape index (κ1) is 20.0. The number of ether oxygens (including phenoxy) is 1. The van der Waals surface area contributed by atoms with Crippen LogP contribution in [0.15, 0.2) is 24.3 Å². The van der Waals surface area contributed by atoms with Crippen LogP contribution in [0, 0.1) is 5.92 Å². The number of amides is 2. The van der Waals surface area contributed by atoms with Gasteiger partial charge < -0.3 is 20.1 Å². The van der Waals surface area contributed by atoms with Crippen molar-refractivity contribution in [1.82, 2.24) is 10.2 Å². The van der Waals surface area contributed by atoms with Crippen molar-refractivity contribution in [1.29, 1.82) is 0 Å². The average Bonchev–Trinajstić information content (AvgIpc) is 2.63. The van der Waals surface area contributed by atoms with Crippen LogP contribution in [0.1, 0.15) is 42.5 Å². The lowest BCUT2D eigenvalue weighted by Crippen LogP contribution is -2.61. The Morgan fingerprint density at radius 2 is 1.93 bits per heavy atom. The standard InChI is InChI=1S/C19H22F2N2O5/c20-18(21)28-14-7-2-1-6-13(14)16(25)23-10-3-5-12(11-23)15(24)22-19(17(26)27)8-4-9-19/h1-2,6-7,12,18H,3-5,8-11H2,(H,22,24)(H,26,27). The quantitative estimate of drug-likeness (QED) is 0.769. The number of rotatable bonds is 6. The third-order valence-electron chi connectivity index (χ3n) is 5.39. The molecule has 1 aromatic rings. The van der Waals surface area contributed by atoms with Gasteiger partial charge in [-0.3, -0.25) is 9.59 Å². The number of benzene rings is 1. The lowest BCUT2D eigenvalue weighted by atomic mass is 9.76. The maximum absolute atomic E-state index is 12.8. The minimum Gasteiger partial charge on any atom is -0.480 e. The molecule has 0 radical (unpaired) electrons. The zero-order valence-electron chi connectivity index (χ0n) is 15.2. The van der Waals surface area contributed by atoms with Gasteiger partial charge in [-0.1, -0.05) is 12.1 Å². The molecule has 1 saturated heterocycles. The number of likely N-dealkylation sites (tertiary alicyclic amines) is 1. The highest BCUT2D eigenvalue weighted by Crippen LogP contribution is 2.33. The molecule has 2 N–H and O–H groups in total. The highest BCUT2D eigenvalue weighted by molar-refractivity contribution is 5.97. The second kappa shape index (κ2) is 8.12. The third-order valence-corrected chi connectivity index (χ3v) is 5.39. The summed E-state index contributed by atoms with van der Waals surface area (Å²) < 4.78 is 29.6. The molecule has 3 rings (SSSR count). The number of alkyl halides is 2. The molecule has 0 spiro atoms. The minimum atomic E-state index is -3.05. The maximum atomic E-state index is 12.8. The second-order valence-corrected chi connectivity index (χ2v) is 7.20. The molecular weight excluding hydrogens is 374 g/mol. The summed E-state index contributed by atoms with van der Waals surface area (Å²) in [5, 5.41) is 12.0. The monoisotopic (exact) mass is 396 g/mol. The molecule has 2 aliphatic rings. The first-order valence-electron chi connectivity index (χ1n) is 9.21. The number of hydrogen-bond acceptors (Lipinski definition) is 4. The van der Waals surface area contributed by atoms with Crippen LogP contribution in [0.3, 0.4) is 0 Å². The Morgan fingerprint density at radius 3 is 2.54 bits per heavy atom. The maximum Gasteiger partial charge on any atom is 0.387 e. The van der Waals surface area contributed by atoms with Crippen molar-refractivity contribution in [2.24, 2.45) is 5.92 Å². The number of nitrogens with one attached hydrogen (secondary N) is 1. The Labute approximate surface area is 160 Å². The Morgan fingerprint density at radius 1 is 1.21 bits per heavy atom. The fourth-order valence-corrected chi connectivity index (χ4v) is 3.65. The lowest BCUT2D eigenvalue weighted by molar-refractivity contribution is -0.152. The number of carboxylic acid groups (broad SMARTS) is 1. The van der Waals surface area contributed by atoms with Gasteiger partial charge in [0.2, 0.25) is 5.91 Å². The van der Waals surface area contributed by atoms with E-state index in [1.165, 1.54) is 23.1 Å². The van der Waals surface area contributed by atoms with E-state index in [0.717, 1.165) is 6.42 Å². The number of carbonyl (C=O) groups is 3. The van der Waals surface area contributed by atoms with Gasteiger partial charge in [0.15, 0.2) is 0 Å². The molecule has 28 heavy (non-hydrogen) atoms. The molecule has 1 saturated carbocycles. The summed E-state index contributed by atoms with van der Waals surface area (Å²) >= 11 is 0. The van der Waals surface area contributed by atoms with Crippen LogP contribution in [0.25, 0.3) is 0 Å². The first-order valence-corrected chi connectivity index (χ1v) is 9.21. The molecule has 1 unspecified atom stereocenters. The summed E-state index contributed by atoms with van der Waals surface area (Å²) in [7, 11) is 0. The number of halogens is 2. The SMILES string of the molecule is O=C(NC1(C(=O)O)CCC1)C1CCCN(C(=O)c2ccccc2OC(F)F)C1. The molecule has 9 heteroatoms. The molecule has 1 heterocycles. The van der Waals surface area contributed by atoms with Gasteiger partial charge in [-0.15, -0.1) is 0 Å². The van der Waals surface area contributed by atoms with E-state index < -0.39 is 35.9 Å². The number of piperidine rings is 1. The van der Waals surface area contributed by atoms with Gasteiger partial charge in [-0.2, -0.15) is 8.78 Å². The van der Waals surface area contributed by atoms with Crippen LogP contribution in [0.4, 0.5) is 8.78 Å². The van der Waals surface area contributed by atoms with Crippen LogP contribution in [-0.2, 0) is 9.59 Å². The predicted molar refractivity (Wildman–Crippen MR) is 94.1 cm³/mol.